The minimum Gasteiger partial charge on any atom is -0.493 e. The quantitative estimate of drug-likeness (QED) is 0.736. The van der Waals surface area contributed by atoms with Crippen LogP contribution in [-0.2, 0) is 16.0 Å². The number of carboxylic acid groups (broad SMARTS) is 2. The summed E-state index contributed by atoms with van der Waals surface area (Å²) in [5.74, 6) is -2.73. The van der Waals surface area contributed by atoms with Gasteiger partial charge in [-0.15, -0.1) is 0 Å². The van der Waals surface area contributed by atoms with Crippen LogP contribution in [0.1, 0.15) is 11.3 Å². The first-order chi connectivity index (χ1) is 9.99. The van der Waals surface area contributed by atoms with Gasteiger partial charge in [0.2, 0.25) is 0 Å². The Morgan fingerprint density at radius 2 is 1.81 bits per heavy atom. The van der Waals surface area contributed by atoms with Gasteiger partial charge in [0.25, 0.3) is 0 Å². The zero-order valence-corrected chi connectivity index (χ0v) is 11.4. The minimum absolute atomic E-state index is 0.672. The molecule has 1 heterocycles. The number of aromatic nitrogens is 2. The molecular weight excluding hydrogens is 276 g/mol. The van der Waals surface area contributed by atoms with Crippen LogP contribution < -0.4 is 4.74 Å². The lowest BCUT2D eigenvalue weighted by molar-refractivity contribution is -0.159. The van der Waals surface area contributed by atoms with Crippen molar-refractivity contribution in [3.05, 3.63) is 48.0 Å². The summed E-state index contributed by atoms with van der Waals surface area (Å²) in [6.07, 6.45) is 4.35. The van der Waals surface area contributed by atoms with Gasteiger partial charge in [-0.05, 0) is 19.1 Å². The van der Waals surface area contributed by atoms with Crippen LogP contribution in [0.3, 0.4) is 0 Å². The van der Waals surface area contributed by atoms with E-state index in [1.807, 2.05) is 30.5 Å². The van der Waals surface area contributed by atoms with Gasteiger partial charge in [0.1, 0.15) is 5.75 Å². The largest absolute Gasteiger partial charge is 0.493 e. The molecule has 0 saturated heterocycles. The lowest BCUT2D eigenvalue weighted by atomic mass is 10.2. The highest BCUT2D eigenvalue weighted by Gasteiger charge is 2.04. The fraction of sp³-hybridized carbons (Fsp3) is 0.214. The number of carbonyl (C=O) groups is 2. The molecule has 0 aliphatic carbocycles. The Kier molecular flexibility index (Phi) is 6.46. The molecule has 1 aromatic heterocycles. The maximum Gasteiger partial charge on any atom is 0.414 e. The highest BCUT2D eigenvalue weighted by Crippen LogP contribution is 2.11. The summed E-state index contributed by atoms with van der Waals surface area (Å²) in [5.41, 5.74) is 2.35. The molecule has 21 heavy (non-hydrogen) atoms. The van der Waals surface area contributed by atoms with Gasteiger partial charge in [0.15, 0.2) is 0 Å². The van der Waals surface area contributed by atoms with Gasteiger partial charge >= 0.3 is 11.9 Å². The molecule has 7 nitrogen and oxygen atoms in total. The highest BCUT2D eigenvalue weighted by atomic mass is 16.5. The molecule has 3 N–H and O–H groups in total. The number of H-pyrrole nitrogens is 1. The van der Waals surface area contributed by atoms with Crippen LogP contribution in [0, 0.1) is 6.92 Å². The van der Waals surface area contributed by atoms with Crippen molar-refractivity contribution in [1.29, 1.82) is 0 Å². The molecule has 0 amide bonds. The van der Waals surface area contributed by atoms with Crippen molar-refractivity contribution < 1.29 is 24.5 Å². The summed E-state index contributed by atoms with van der Waals surface area (Å²) in [6.45, 7) is 2.74. The number of aliphatic carboxylic acids is 2. The predicted octanol–water partition coefficient (Wildman–Crippen LogP) is 1.50. The van der Waals surface area contributed by atoms with E-state index < -0.39 is 11.9 Å². The number of nitrogens with one attached hydrogen (secondary N) is 1. The number of benzene rings is 1. The Morgan fingerprint density at radius 1 is 1.19 bits per heavy atom. The smallest absolute Gasteiger partial charge is 0.414 e. The van der Waals surface area contributed by atoms with Crippen LogP contribution in [-0.4, -0.2) is 38.7 Å². The van der Waals surface area contributed by atoms with E-state index in [2.05, 4.69) is 16.9 Å². The first kappa shape index (κ1) is 16.2. The van der Waals surface area contributed by atoms with E-state index in [9.17, 15) is 0 Å². The molecule has 0 atom stereocenters. The van der Waals surface area contributed by atoms with Crippen molar-refractivity contribution in [2.45, 2.75) is 13.3 Å². The summed E-state index contributed by atoms with van der Waals surface area (Å²) >= 11 is 0. The lowest BCUT2D eigenvalue weighted by Crippen LogP contribution is -2.09. The number of rotatable bonds is 4. The third-order valence-electron chi connectivity index (χ3n) is 2.40. The molecular formula is C14H16N2O5. The number of aryl methyl sites for hydroxylation is 1. The first-order valence-corrected chi connectivity index (χ1v) is 6.12. The Balaban J connectivity index is 0.000000315. The van der Waals surface area contributed by atoms with Gasteiger partial charge in [-0.25, -0.2) is 14.6 Å². The van der Waals surface area contributed by atoms with E-state index >= 15 is 0 Å². The van der Waals surface area contributed by atoms with E-state index in [0.29, 0.717) is 6.61 Å². The molecule has 0 unspecified atom stereocenters. The first-order valence-electron chi connectivity index (χ1n) is 6.12. The monoisotopic (exact) mass is 292 g/mol. The topological polar surface area (TPSA) is 113 Å². The van der Waals surface area contributed by atoms with Crippen LogP contribution in [0.5, 0.6) is 5.75 Å². The third kappa shape index (κ3) is 6.76. The van der Waals surface area contributed by atoms with Crippen LogP contribution in [0.15, 0.2) is 36.8 Å². The molecule has 112 valence electrons. The van der Waals surface area contributed by atoms with Crippen molar-refractivity contribution in [3.63, 3.8) is 0 Å². The van der Waals surface area contributed by atoms with Crippen molar-refractivity contribution in [2.24, 2.45) is 0 Å². The second-order valence-electron chi connectivity index (χ2n) is 4.10. The van der Waals surface area contributed by atoms with E-state index in [-0.39, 0.29) is 0 Å². The van der Waals surface area contributed by atoms with Gasteiger partial charge in [0, 0.05) is 18.3 Å². The second kappa shape index (κ2) is 8.36. The average molecular weight is 292 g/mol. The summed E-state index contributed by atoms with van der Waals surface area (Å²) in [6, 6.07) is 8.07. The average Bonchev–Trinajstić information content (AvgIpc) is 2.95. The van der Waals surface area contributed by atoms with E-state index in [0.717, 1.165) is 17.9 Å². The molecule has 1 aromatic carbocycles. The number of carboxylic acids is 2. The Hall–Kier alpha value is -2.83. The number of imidazole rings is 1. The molecule has 7 heteroatoms. The normalized spacial score (nSPS) is 9.38. The van der Waals surface area contributed by atoms with Gasteiger partial charge in [-0.3, -0.25) is 0 Å². The number of ether oxygens (including phenoxy) is 1. The number of hydrogen-bond acceptors (Lipinski definition) is 4. The Morgan fingerprint density at radius 3 is 2.29 bits per heavy atom. The van der Waals surface area contributed by atoms with Gasteiger partial charge in [0.05, 0.1) is 12.9 Å². The fourth-order valence-electron chi connectivity index (χ4n) is 1.33. The molecule has 0 radical (unpaired) electrons. The predicted molar refractivity (Wildman–Crippen MR) is 74.2 cm³/mol. The Labute approximate surface area is 121 Å². The number of nitrogens with zero attached hydrogens (tertiary/aromatic N) is 1. The minimum atomic E-state index is -1.82. The summed E-state index contributed by atoms with van der Waals surface area (Å²) in [7, 11) is 0. The van der Waals surface area contributed by atoms with Crippen molar-refractivity contribution >= 4 is 11.9 Å². The van der Waals surface area contributed by atoms with Gasteiger partial charge < -0.3 is 19.9 Å². The highest BCUT2D eigenvalue weighted by molar-refractivity contribution is 6.27. The van der Waals surface area contributed by atoms with Gasteiger partial charge in [-0.2, -0.15) is 0 Å². The molecule has 0 aliphatic rings. The second-order valence-corrected chi connectivity index (χ2v) is 4.10. The van der Waals surface area contributed by atoms with E-state index in [4.69, 9.17) is 24.5 Å². The van der Waals surface area contributed by atoms with E-state index in [1.165, 1.54) is 5.56 Å². The van der Waals surface area contributed by atoms with E-state index in [1.54, 1.807) is 6.33 Å². The maximum absolute atomic E-state index is 9.10. The standard InChI is InChI=1S/C12H14N2O.C2H2O4/c1-10-2-4-12(5-3-10)15-7-6-11-8-13-9-14-11;3-1(4)2(5)6/h2-5,8-9H,6-7H2,1H3,(H,13,14);(H,3,4)(H,5,6). The Bertz CT molecular complexity index is 552. The van der Waals surface area contributed by atoms with Crippen molar-refractivity contribution in [1.82, 2.24) is 9.97 Å². The summed E-state index contributed by atoms with van der Waals surface area (Å²) in [4.78, 5) is 25.2. The molecule has 0 aliphatic heterocycles. The molecule has 0 bridgehead atoms. The summed E-state index contributed by atoms with van der Waals surface area (Å²) < 4.78 is 5.59. The summed E-state index contributed by atoms with van der Waals surface area (Å²) in [5, 5.41) is 14.8. The lowest BCUT2D eigenvalue weighted by Gasteiger charge is -2.04. The zero-order chi connectivity index (χ0) is 15.7. The number of hydrogen-bond donors (Lipinski definition) is 3. The van der Waals surface area contributed by atoms with Crippen LogP contribution in [0.2, 0.25) is 0 Å². The molecule has 0 spiro atoms. The number of aromatic amines is 1. The van der Waals surface area contributed by atoms with Gasteiger partial charge in [-0.1, -0.05) is 17.7 Å². The van der Waals surface area contributed by atoms with Crippen LogP contribution in [0.4, 0.5) is 0 Å². The van der Waals surface area contributed by atoms with Crippen molar-refractivity contribution in [3.8, 4) is 5.75 Å². The zero-order valence-electron chi connectivity index (χ0n) is 11.4. The fourth-order valence-corrected chi connectivity index (χ4v) is 1.33. The van der Waals surface area contributed by atoms with Crippen LogP contribution >= 0.6 is 0 Å². The molecule has 0 fully saturated rings. The van der Waals surface area contributed by atoms with Crippen molar-refractivity contribution in [2.75, 3.05) is 6.61 Å². The molecule has 0 saturated carbocycles. The molecule has 2 rings (SSSR count). The molecule has 2 aromatic rings. The maximum atomic E-state index is 9.10. The third-order valence-corrected chi connectivity index (χ3v) is 2.40. The SMILES string of the molecule is Cc1ccc(OCCc2cnc[nH]2)cc1.O=C(O)C(=O)O. The van der Waals surface area contributed by atoms with Crippen LogP contribution in [0.25, 0.3) is 0 Å².